The van der Waals surface area contributed by atoms with Gasteiger partial charge in [0, 0.05) is 6.42 Å². The lowest BCUT2D eigenvalue weighted by atomic mass is 10.1. The number of rotatable bonds is 18. The van der Waals surface area contributed by atoms with E-state index in [1.54, 1.807) is 0 Å². The number of esters is 1. The number of hydrogen-bond acceptors (Lipinski definition) is 5. The summed E-state index contributed by atoms with van der Waals surface area (Å²) in [5.41, 5.74) is 0. The van der Waals surface area contributed by atoms with Crippen LogP contribution < -0.4 is 0 Å². The summed E-state index contributed by atoms with van der Waals surface area (Å²) in [5.74, 6) is -0.311. The van der Waals surface area contributed by atoms with Crippen LogP contribution in [0.5, 0.6) is 0 Å². The summed E-state index contributed by atoms with van der Waals surface area (Å²) < 4.78 is 4.84. The molecule has 0 aliphatic heterocycles. The number of unbranched alkanes of at least 4 members (excludes halogenated alkanes) is 8. The molecule has 0 aliphatic rings. The summed E-state index contributed by atoms with van der Waals surface area (Å²) in [7, 11) is 0. The molecule has 0 aromatic carbocycles. The molecule has 0 heterocycles. The lowest BCUT2D eigenvalue weighted by Crippen LogP contribution is -2.21. The Morgan fingerprint density at radius 2 is 1.62 bits per heavy atom. The molecule has 5 nitrogen and oxygen atoms in total. The first kappa shape index (κ1) is 25.1. The van der Waals surface area contributed by atoms with Crippen molar-refractivity contribution in [2.24, 2.45) is 0 Å². The highest BCUT2D eigenvalue weighted by atomic mass is 16.5. The van der Waals surface area contributed by atoms with Gasteiger partial charge < -0.3 is 20.1 Å². The SMILES string of the molecule is CCCCCCC(O)CC=CCCCCCCCC(=O)OCC(O)CO. The van der Waals surface area contributed by atoms with Gasteiger partial charge in [-0.25, -0.2) is 0 Å². The van der Waals surface area contributed by atoms with Gasteiger partial charge in [0.05, 0.1) is 12.7 Å². The highest BCUT2D eigenvalue weighted by molar-refractivity contribution is 5.69. The molecule has 3 N–H and O–H groups in total. The molecule has 0 aromatic heterocycles. The minimum atomic E-state index is -0.978. The minimum absolute atomic E-state index is 0.130. The largest absolute Gasteiger partial charge is 0.463 e. The van der Waals surface area contributed by atoms with Crippen LogP contribution in [-0.4, -0.2) is 46.7 Å². The Morgan fingerprint density at radius 3 is 2.35 bits per heavy atom. The number of aliphatic hydroxyl groups excluding tert-OH is 3. The molecule has 0 aliphatic carbocycles. The van der Waals surface area contributed by atoms with Crippen molar-refractivity contribution >= 4 is 5.97 Å². The van der Waals surface area contributed by atoms with E-state index in [4.69, 9.17) is 14.9 Å². The zero-order valence-electron chi connectivity index (χ0n) is 16.6. The van der Waals surface area contributed by atoms with E-state index in [0.29, 0.717) is 6.42 Å². The van der Waals surface area contributed by atoms with Gasteiger partial charge in [-0.1, -0.05) is 64.0 Å². The van der Waals surface area contributed by atoms with E-state index in [2.05, 4.69) is 19.1 Å². The highest BCUT2D eigenvalue weighted by Gasteiger charge is 2.07. The van der Waals surface area contributed by atoms with Gasteiger partial charge in [-0.3, -0.25) is 4.79 Å². The smallest absolute Gasteiger partial charge is 0.305 e. The zero-order valence-corrected chi connectivity index (χ0v) is 16.6. The third kappa shape index (κ3) is 17.9. The normalized spacial score (nSPS) is 13.8. The first-order valence-electron chi connectivity index (χ1n) is 10.4. The quantitative estimate of drug-likeness (QED) is 0.193. The Balaban J connectivity index is 3.36. The third-order valence-corrected chi connectivity index (χ3v) is 4.36. The van der Waals surface area contributed by atoms with Crippen LogP contribution >= 0.6 is 0 Å². The van der Waals surface area contributed by atoms with Crippen molar-refractivity contribution in [3.05, 3.63) is 12.2 Å². The molecule has 0 saturated carbocycles. The fourth-order valence-electron chi connectivity index (χ4n) is 2.67. The minimum Gasteiger partial charge on any atom is -0.463 e. The van der Waals surface area contributed by atoms with Crippen LogP contribution in [-0.2, 0) is 9.53 Å². The summed E-state index contributed by atoms with van der Waals surface area (Å²) in [4.78, 5) is 11.4. The van der Waals surface area contributed by atoms with Gasteiger partial charge in [0.15, 0.2) is 0 Å². The summed E-state index contributed by atoms with van der Waals surface area (Å²) in [6.45, 7) is 1.68. The van der Waals surface area contributed by atoms with Gasteiger partial charge in [0.1, 0.15) is 12.7 Å². The average molecular weight is 373 g/mol. The molecular formula is C21H40O5. The standard InChI is InChI=1S/C21H40O5/c1-2-3-4-11-14-19(23)15-12-9-7-5-6-8-10-13-16-21(25)26-18-20(24)17-22/h9,12,19-20,22-24H,2-8,10-11,13-18H2,1H3. The van der Waals surface area contributed by atoms with Gasteiger partial charge in [-0.15, -0.1) is 0 Å². The molecule has 2 atom stereocenters. The number of ether oxygens (including phenoxy) is 1. The van der Waals surface area contributed by atoms with Crippen molar-refractivity contribution in [2.75, 3.05) is 13.2 Å². The van der Waals surface area contributed by atoms with Crippen molar-refractivity contribution in [2.45, 2.75) is 103 Å². The van der Waals surface area contributed by atoms with E-state index in [9.17, 15) is 9.90 Å². The molecular weight excluding hydrogens is 332 g/mol. The van der Waals surface area contributed by atoms with Gasteiger partial charge in [0.25, 0.3) is 0 Å². The van der Waals surface area contributed by atoms with Crippen LogP contribution in [0.1, 0.15) is 90.4 Å². The Labute approximate surface area is 159 Å². The van der Waals surface area contributed by atoms with Crippen molar-refractivity contribution in [3.63, 3.8) is 0 Å². The predicted molar refractivity (Wildman–Crippen MR) is 105 cm³/mol. The highest BCUT2D eigenvalue weighted by Crippen LogP contribution is 2.10. The van der Waals surface area contributed by atoms with E-state index in [0.717, 1.165) is 57.8 Å². The first-order chi connectivity index (χ1) is 12.6. The maximum absolute atomic E-state index is 11.4. The van der Waals surface area contributed by atoms with E-state index in [1.165, 1.54) is 19.3 Å². The van der Waals surface area contributed by atoms with Crippen LogP contribution in [0.3, 0.4) is 0 Å². The van der Waals surface area contributed by atoms with Crippen LogP contribution in [0.25, 0.3) is 0 Å². The Hall–Kier alpha value is -0.910. The van der Waals surface area contributed by atoms with Gasteiger partial charge in [-0.2, -0.15) is 0 Å². The van der Waals surface area contributed by atoms with Crippen LogP contribution in [0.2, 0.25) is 0 Å². The Kier molecular flexibility index (Phi) is 18.2. The maximum Gasteiger partial charge on any atom is 0.305 e. The molecule has 0 bridgehead atoms. The van der Waals surface area contributed by atoms with E-state index >= 15 is 0 Å². The molecule has 5 heteroatoms. The van der Waals surface area contributed by atoms with Crippen molar-refractivity contribution in [1.29, 1.82) is 0 Å². The topological polar surface area (TPSA) is 87.0 Å². The lowest BCUT2D eigenvalue weighted by molar-refractivity contribution is -0.147. The number of carbonyl (C=O) groups is 1. The van der Waals surface area contributed by atoms with Crippen LogP contribution in [0, 0.1) is 0 Å². The summed E-state index contributed by atoms with van der Waals surface area (Å²) in [6, 6.07) is 0. The second kappa shape index (κ2) is 18.9. The van der Waals surface area contributed by atoms with E-state index in [-0.39, 0.29) is 25.3 Å². The van der Waals surface area contributed by atoms with Crippen LogP contribution in [0.4, 0.5) is 0 Å². The molecule has 0 rings (SSSR count). The van der Waals surface area contributed by atoms with E-state index < -0.39 is 6.10 Å². The Bertz CT molecular complexity index is 343. The number of allylic oxidation sites excluding steroid dienone is 1. The van der Waals surface area contributed by atoms with Crippen molar-refractivity contribution in [3.8, 4) is 0 Å². The summed E-state index contributed by atoms with van der Waals surface area (Å²) >= 11 is 0. The fraction of sp³-hybridized carbons (Fsp3) is 0.857. The monoisotopic (exact) mass is 372 g/mol. The summed E-state index contributed by atoms with van der Waals surface area (Å²) in [5, 5.41) is 27.6. The molecule has 0 aromatic rings. The van der Waals surface area contributed by atoms with E-state index in [1.807, 2.05) is 0 Å². The average Bonchev–Trinajstić information content (AvgIpc) is 2.64. The summed E-state index contributed by atoms with van der Waals surface area (Å²) in [6.07, 6.45) is 16.2. The molecule has 0 amide bonds. The zero-order chi connectivity index (χ0) is 19.5. The number of carbonyl (C=O) groups excluding carboxylic acids is 1. The van der Waals surface area contributed by atoms with Crippen LogP contribution in [0.15, 0.2) is 12.2 Å². The molecule has 154 valence electrons. The second-order valence-corrected chi connectivity index (χ2v) is 7.04. The van der Waals surface area contributed by atoms with Crippen molar-refractivity contribution in [1.82, 2.24) is 0 Å². The molecule has 0 spiro atoms. The molecule has 0 fully saturated rings. The van der Waals surface area contributed by atoms with Gasteiger partial charge >= 0.3 is 5.97 Å². The molecule has 2 unspecified atom stereocenters. The number of aliphatic hydroxyl groups is 3. The second-order valence-electron chi connectivity index (χ2n) is 7.04. The van der Waals surface area contributed by atoms with Gasteiger partial charge in [0.2, 0.25) is 0 Å². The van der Waals surface area contributed by atoms with Gasteiger partial charge in [-0.05, 0) is 32.1 Å². The fourth-order valence-corrected chi connectivity index (χ4v) is 2.67. The molecule has 0 saturated heterocycles. The predicted octanol–water partition coefficient (Wildman–Crippen LogP) is 3.89. The third-order valence-electron chi connectivity index (χ3n) is 4.36. The first-order valence-corrected chi connectivity index (χ1v) is 10.4. The van der Waals surface area contributed by atoms with Crippen molar-refractivity contribution < 1.29 is 24.9 Å². The maximum atomic E-state index is 11.4. The number of hydrogen-bond donors (Lipinski definition) is 3. The Morgan fingerprint density at radius 1 is 0.923 bits per heavy atom. The molecule has 26 heavy (non-hydrogen) atoms. The lowest BCUT2D eigenvalue weighted by Gasteiger charge is -2.08. The molecule has 0 radical (unpaired) electrons.